The highest BCUT2D eigenvalue weighted by Gasteiger charge is 2.45. The third kappa shape index (κ3) is 4.23. The SMILES string of the molecule is Cc1ncc(C#N)cc1Nc1nccc(-c2csc(-c3cccc(C4(O)CCN(C)C4=O)c3)n2)n1. The van der Waals surface area contributed by atoms with E-state index in [0.717, 1.165) is 16.3 Å². The number of hydrogen-bond acceptors (Lipinski definition) is 9. The lowest BCUT2D eigenvalue weighted by atomic mass is 9.91. The van der Waals surface area contributed by atoms with Crippen LogP contribution in [0.4, 0.5) is 11.6 Å². The molecule has 9 nitrogen and oxygen atoms in total. The predicted octanol–water partition coefficient (Wildman–Crippen LogP) is 3.64. The highest BCUT2D eigenvalue weighted by molar-refractivity contribution is 7.13. The standard InChI is InChI=1S/C25H21N7O2S/c1-15-20(10-16(12-26)13-28-15)31-24-27-8-6-19(30-24)21-14-35-22(29-21)17-4-3-5-18(11-17)25(34)7-9-32(2)23(25)33/h3-6,8,10-11,13-14,34H,7,9H2,1-2H3,(H,27,30,31). The van der Waals surface area contributed by atoms with Crippen LogP contribution in [0.25, 0.3) is 22.0 Å². The molecule has 5 rings (SSSR count). The molecule has 0 saturated carbocycles. The molecule has 10 heteroatoms. The smallest absolute Gasteiger partial charge is 0.258 e. The van der Waals surface area contributed by atoms with Crippen molar-refractivity contribution in [3.8, 4) is 28.0 Å². The van der Waals surface area contributed by atoms with Crippen LogP contribution in [0.1, 0.15) is 23.2 Å². The predicted molar refractivity (Wildman–Crippen MR) is 132 cm³/mol. The molecule has 1 saturated heterocycles. The van der Waals surface area contributed by atoms with Crippen LogP contribution in [0.15, 0.2) is 54.2 Å². The number of hydrogen-bond donors (Lipinski definition) is 2. The number of likely N-dealkylation sites (tertiary alicyclic amines) is 1. The van der Waals surface area contributed by atoms with E-state index in [1.807, 2.05) is 30.5 Å². The molecular formula is C25H21N7O2S. The Hall–Kier alpha value is -4.20. The first-order valence-electron chi connectivity index (χ1n) is 10.9. The summed E-state index contributed by atoms with van der Waals surface area (Å²) in [5.74, 6) is 0.0753. The van der Waals surface area contributed by atoms with Gasteiger partial charge < -0.3 is 15.3 Å². The summed E-state index contributed by atoms with van der Waals surface area (Å²) in [4.78, 5) is 31.9. The van der Waals surface area contributed by atoms with Crippen LogP contribution in [-0.4, -0.2) is 49.4 Å². The van der Waals surface area contributed by atoms with Gasteiger partial charge in [-0.15, -0.1) is 11.3 Å². The highest BCUT2D eigenvalue weighted by Crippen LogP contribution is 2.36. The molecule has 0 aliphatic carbocycles. The van der Waals surface area contributed by atoms with Crippen LogP contribution in [0, 0.1) is 18.3 Å². The van der Waals surface area contributed by atoms with Gasteiger partial charge >= 0.3 is 0 Å². The number of carbonyl (C=O) groups excluding carboxylic acids is 1. The topological polar surface area (TPSA) is 128 Å². The van der Waals surface area contributed by atoms with Gasteiger partial charge in [-0.25, -0.2) is 15.0 Å². The van der Waals surface area contributed by atoms with Gasteiger partial charge in [0.1, 0.15) is 16.8 Å². The van der Waals surface area contributed by atoms with Crippen molar-refractivity contribution in [2.45, 2.75) is 18.9 Å². The molecular weight excluding hydrogens is 462 g/mol. The largest absolute Gasteiger partial charge is 0.375 e. The van der Waals surface area contributed by atoms with Crippen molar-refractivity contribution in [2.75, 3.05) is 18.9 Å². The molecule has 3 aromatic heterocycles. The lowest BCUT2D eigenvalue weighted by Gasteiger charge is -2.21. The molecule has 1 aliphatic rings. The van der Waals surface area contributed by atoms with Crippen molar-refractivity contribution in [1.82, 2.24) is 24.8 Å². The highest BCUT2D eigenvalue weighted by atomic mass is 32.1. The fraction of sp³-hybridized carbons (Fsp3) is 0.200. The van der Waals surface area contributed by atoms with E-state index in [0.29, 0.717) is 47.1 Å². The monoisotopic (exact) mass is 483 g/mol. The third-order valence-electron chi connectivity index (χ3n) is 5.98. The van der Waals surface area contributed by atoms with Gasteiger partial charge in [0.15, 0.2) is 5.60 Å². The number of amides is 1. The molecule has 35 heavy (non-hydrogen) atoms. The maximum absolute atomic E-state index is 12.5. The van der Waals surface area contributed by atoms with Gasteiger partial charge in [0.25, 0.3) is 5.91 Å². The number of thiazole rings is 1. The fourth-order valence-electron chi connectivity index (χ4n) is 3.96. The Balaban J connectivity index is 1.41. The Kier molecular flexibility index (Phi) is 5.72. The van der Waals surface area contributed by atoms with Gasteiger partial charge in [-0.3, -0.25) is 9.78 Å². The lowest BCUT2D eigenvalue weighted by molar-refractivity contribution is -0.143. The van der Waals surface area contributed by atoms with Crippen LogP contribution < -0.4 is 5.32 Å². The number of nitrogens with zero attached hydrogens (tertiary/aromatic N) is 6. The van der Waals surface area contributed by atoms with Crippen LogP contribution in [0.5, 0.6) is 0 Å². The average molecular weight is 484 g/mol. The van der Waals surface area contributed by atoms with E-state index < -0.39 is 5.60 Å². The third-order valence-corrected chi connectivity index (χ3v) is 6.87. The Bertz CT molecular complexity index is 1480. The summed E-state index contributed by atoms with van der Waals surface area (Å²) in [7, 11) is 1.69. The van der Waals surface area contributed by atoms with Crippen molar-refractivity contribution in [3.05, 3.63) is 71.0 Å². The molecule has 0 spiro atoms. The second kappa shape index (κ2) is 8.87. The van der Waals surface area contributed by atoms with Crippen molar-refractivity contribution in [2.24, 2.45) is 0 Å². The van der Waals surface area contributed by atoms with Gasteiger partial charge in [-0.2, -0.15) is 5.26 Å². The van der Waals surface area contributed by atoms with Crippen LogP contribution in [0.3, 0.4) is 0 Å². The molecule has 1 amide bonds. The Labute approximate surface area is 205 Å². The van der Waals surface area contributed by atoms with Gasteiger partial charge in [0.05, 0.1) is 22.6 Å². The molecule has 4 heterocycles. The van der Waals surface area contributed by atoms with E-state index in [-0.39, 0.29) is 5.91 Å². The first-order chi connectivity index (χ1) is 16.9. The van der Waals surface area contributed by atoms with Crippen molar-refractivity contribution in [1.29, 1.82) is 5.26 Å². The summed E-state index contributed by atoms with van der Waals surface area (Å²) in [5, 5.41) is 25.9. The molecule has 0 bridgehead atoms. The van der Waals surface area contributed by atoms with E-state index in [1.54, 1.807) is 36.3 Å². The van der Waals surface area contributed by atoms with Crippen LogP contribution in [-0.2, 0) is 10.4 Å². The second-order valence-corrected chi connectivity index (χ2v) is 9.17. The maximum Gasteiger partial charge on any atom is 0.258 e. The number of benzene rings is 1. The molecule has 174 valence electrons. The van der Waals surface area contributed by atoms with E-state index >= 15 is 0 Å². The Morgan fingerprint density at radius 2 is 2.06 bits per heavy atom. The summed E-state index contributed by atoms with van der Waals surface area (Å²) in [5.41, 5.74) is 3.01. The Morgan fingerprint density at radius 3 is 2.83 bits per heavy atom. The molecule has 1 fully saturated rings. The molecule has 1 aliphatic heterocycles. The van der Waals surface area contributed by atoms with Crippen molar-refractivity contribution >= 4 is 28.9 Å². The number of carbonyl (C=O) groups is 1. The van der Waals surface area contributed by atoms with Crippen LogP contribution in [0.2, 0.25) is 0 Å². The van der Waals surface area contributed by atoms with Gasteiger partial charge in [-0.05, 0) is 30.7 Å². The minimum atomic E-state index is -1.51. The van der Waals surface area contributed by atoms with Crippen molar-refractivity contribution < 1.29 is 9.90 Å². The van der Waals surface area contributed by atoms with E-state index in [4.69, 9.17) is 10.2 Å². The van der Waals surface area contributed by atoms with E-state index in [2.05, 4.69) is 26.3 Å². The zero-order chi connectivity index (χ0) is 24.6. The number of anilines is 2. The zero-order valence-electron chi connectivity index (χ0n) is 19.1. The summed E-state index contributed by atoms with van der Waals surface area (Å²) < 4.78 is 0. The lowest BCUT2D eigenvalue weighted by Crippen LogP contribution is -2.36. The summed E-state index contributed by atoms with van der Waals surface area (Å²) >= 11 is 1.45. The molecule has 0 radical (unpaired) electrons. The number of pyridine rings is 1. The first-order valence-corrected chi connectivity index (χ1v) is 11.8. The summed E-state index contributed by atoms with van der Waals surface area (Å²) in [6.07, 6.45) is 3.51. The number of rotatable bonds is 5. The van der Waals surface area contributed by atoms with Crippen molar-refractivity contribution in [3.63, 3.8) is 0 Å². The molecule has 4 aromatic rings. The summed E-state index contributed by atoms with van der Waals surface area (Å²) in [6, 6.07) is 12.9. The number of nitrogens with one attached hydrogen (secondary N) is 1. The first kappa shape index (κ1) is 22.6. The average Bonchev–Trinajstić information content (AvgIpc) is 3.48. The molecule has 1 aromatic carbocycles. The van der Waals surface area contributed by atoms with Gasteiger partial charge in [-0.1, -0.05) is 18.2 Å². The second-order valence-electron chi connectivity index (χ2n) is 8.31. The molecule has 1 atom stereocenters. The Morgan fingerprint density at radius 1 is 1.20 bits per heavy atom. The fourth-order valence-corrected chi connectivity index (χ4v) is 4.77. The number of aryl methyl sites for hydroxylation is 1. The minimum absolute atomic E-state index is 0.291. The van der Waals surface area contributed by atoms with Gasteiger partial charge in [0.2, 0.25) is 5.95 Å². The normalized spacial score (nSPS) is 17.4. The summed E-state index contributed by atoms with van der Waals surface area (Å²) in [6.45, 7) is 2.35. The number of aromatic nitrogens is 4. The van der Waals surface area contributed by atoms with Crippen LogP contribution >= 0.6 is 11.3 Å². The maximum atomic E-state index is 12.5. The van der Waals surface area contributed by atoms with Gasteiger partial charge in [0, 0.05) is 43.4 Å². The quantitative estimate of drug-likeness (QED) is 0.440. The van der Waals surface area contributed by atoms with E-state index in [9.17, 15) is 9.90 Å². The number of likely N-dealkylation sites (N-methyl/N-ethyl adjacent to an activating group) is 1. The number of aliphatic hydroxyl groups is 1. The zero-order valence-corrected chi connectivity index (χ0v) is 19.9. The molecule has 1 unspecified atom stereocenters. The number of nitriles is 1. The van der Waals surface area contributed by atoms with E-state index in [1.165, 1.54) is 17.5 Å². The molecule has 2 N–H and O–H groups in total. The minimum Gasteiger partial charge on any atom is -0.375 e.